The summed E-state index contributed by atoms with van der Waals surface area (Å²) in [4.78, 5) is 2.62. The number of hydrogen-bond donors (Lipinski definition) is 1. The summed E-state index contributed by atoms with van der Waals surface area (Å²) in [7, 11) is 0. The maximum Gasteiger partial charge on any atom is 0.0108 e. The van der Waals surface area contributed by atoms with Gasteiger partial charge in [-0.05, 0) is 58.0 Å². The van der Waals surface area contributed by atoms with Crippen molar-refractivity contribution in [3.8, 4) is 0 Å². The van der Waals surface area contributed by atoms with Crippen LogP contribution in [0, 0.1) is 11.8 Å². The smallest absolute Gasteiger partial charge is 0.0108 e. The van der Waals surface area contributed by atoms with Crippen LogP contribution in [0.1, 0.15) is 53.9 Å². The highest BCUT2D eigenvalue weighted by Crippen LogP contribution is 2.30. The van der Waals surface area contributed by atoms with E-state index in [1.54, 1.807) is 0 Å². The first kappa shape index (κ1) is 15.0. The van der Waals surface area contributed by atoms with Crippen molar-refractivity contribution in [1.82, 2.24) is 10.2 Å². The topological polar surface area (TPSA) is 15.3 Å². The standard InChI is InChI=1S/C15H32N2/c1-6-16-15-9-8-13(5)10-14(15)11-17(7-2)12(3)4/h12-16H,6-11H2,1-5H3. The number of hydrogen-bond acceptors (Lipinski definition) is 2. The van der Waals surface area contributed by atoms with Gasteiger partial charge in [0.1, 0.15) is 0 Å². The predicted molar refractivity (Wildman–Crippen MR) is 76.4 cm³/mol. The zero-order valence-electron chi connectivity index (χ0n) is 12.5. The quantitative estimate of drug-likeness (QED) is 0.767. The lowest BCUT2D eigenvalue weighted by Crippen LogP contribution is -2.47. The van der Waals surface area contributed by atoms with Crippen molar-refractivity contribution in [2.24, 2.45) is 11.8 Å². The molecule has 0 heterocycles. The van der Waals surface area contributed by atoms with Crippen molar-refractivity contribution >= 4 is 0 Å². The van der Waals surface area contributed by atoms with Crippen LogP contribution in [0.4, 0.5) is 0 Å². The summed E-state index contributed by atoms with van der Waals surface area (Å²) in [6.45, 7) is 15.1. The Bertz CT molecular complexity index is 203. The lowest BCUT2D eigenvalue weighted by atomic mass is 9.78. The zero-order chi connectivity index (χ0) is 12.8. The van der Waals surface area contributed by atoms with Gasteiger partial charge in [-0.3, -0.25) is 0 Å². The average Bonchev–Trinajstić information content (AvgIpc) is 2.29. The zero-order valence-corrected chi connectivity index (χ0v) is 12.5. The molecular weight excluding hydrogens is 208 g/mol. The van der Waals surface area contributed by atoms with Crippen molar-refractivity contribution in [1.29, 1.82) is 0 Å². The van der Waals surface area contributed by atoms with Gasteiger partial charge in [0.05, 0.1) is 0 Å². The van der Waals surface area contributed by atoms with E-state index < -0.39 is 0 Å². The van der Waals surface area contributed by atoms with Crippen molar-refractivity contribution in [2.75, 3.05) is 19.6 Å². The summed E-state index contributed by atoms with van der Waals surface area (Å²) >= 11 is 0. The molecule has 0 bridgehead atoms. The molecule has 1 saturated carbocycles. The molecule has 0 spiro atoms. The summed E-state index contributed by atoms with van der Waals surface area (Å²) in [5, 5.41) is 3.70. The molecular formula is C15H32N2. The summed E-state index contributed by atoms with van der Waals surface area (Å²) in [6.07, 6.45) is 4.18. The molecule has 17 heavy (non-hydrogen) atoms. The second-order valence-electron chi connectivity index (χ2n) is 6.02. The Morgan fingerprint density at radius 1 is 1.24 bits per heavy atom. The Labute approximate surface area is 108 Å². The van der Waals surface area contributed by atoms with E-state index in [-0.39, 0.29) is 0 Å². The largest absolute Gasteiger partial charge is 0.314 e. The molecule has 3 atom stereocenters. The van der Waals surface area contributed by atoms with Gasteiger partial charge in [-0.2, -0.15) is 0 Å². The van der Waals surface area contributed by atoms with Gasteiger partial charge in [-0.1, -0.05) is 20.8 Å². The maximum absolute atomic E-state index is 3.70. The Kier molecular flexibility index (Phi) is 6.50. The second kappa shape index (κ2) is 7.38. The van der Waals surface area contributed by atoms with Crippen LogP contribution in [0.5, 0.6) is 0 Å². The molecule has 102 valence electrons. The third-order valence-electron chi connectivity index (χ3n) is 4.32. The Morgan fingerprint density at radius 3 is 2.47 bits per heavy atom. The van der Waals surface area contributed by atoms with Crippen molar-refractivity contribution in [3.63, 3.8) is 0 Å². The highest BCUT2D eigenvalue weighted by atomic mass is 15.1. The average molecular weight is 240 g/mol. The minimum Gasteiger partial charge on any atom is -0.314 e. The molecule has 2 nitrogen and oxygen atoms in total. The molecule has 0 aromatic carbocycles. The maximum atomic E-state index is 3.70. The van der Waals surface area contributed by atoms with Crippen LogP contribution >= 0.6 is 0 Å². The van der Waals surface area contributed by atoms with Crippen LogP contribution in [0.25, 0.3) is 0 Å². The first-order valence-corrected chi connectivity index (χ1v) is 7.55. The molecule has 3 unspecified atom stereocenters. The Balaban J connectivity index is 2.55. The van der Waals surface area contributed by atoms with Gasteiger partial charge < -0.3 is 10.2 Å². The van der Waals surface area contributed by atoms with E-state index in [2.05, 4.69) is 44.8 Å². The van der Waals surface area contributed by atoms with Crippen LogP contribution < -0.4 is 5.32 Å². The van der Waals surface area contributed by atoms with Crippen molar-refractivity contribution < 1.29 is 0 Å². The van der Waals surface area contributed by atoms with E-state index in [0.717, 1.165) is 24.4 Å². The van der Waals surface area contributed by atoms with E-state index in [4.69, 9.17) is 0 Å². The SMILES string of the molecule is CCNC1CCC(C)CC1CN(CC)C(C)C. The summed E-state index contributed by atoms with van der Waals surface area (Å²) < 4.78 is 0. The van der Waals surface area contributed by atoms with Gasteiger partial charge in [-0.25, -0.2) is 0 Å². The second-order valence-corrected chi connectivity index (χ2v) is 6.02. The normalized spacial score (nSPS) is 30.2. The van der Waals surface area contributed by atoms with Crippen molar-refractivity contribution in [3.05, 3.63) is 0 Å². The fourth-order valence-electron chi connectivity index (χ4n) is 3.24. The molecule has 0 aromatic heterocycles. The van der Waals surface area contributed by atoms with Gasteiger partial charge in [0.2, 0.25) is 0 Å². The first-order valence-electron chi connectivity index (χ1n) is 7.55. The highest BCUT2D eigenvalue weighted by Gasteiger charge is 2.29. The fraction of sp³-hybridized carbons (Fsp3) is 1.00. The molecule has 0 saturated heterocycles. The number of nitrogens with zero attached hydrogens (tertiary/aromatic N) is 1. The molecule has 0 radical (unpaired) electrons. The highest BCUT2D eigenvalue weighted by molar-refractivity contribution is 4.85. The van der Waals surface area contributed by atoms with Gasteiger partial charge >= 0.3 is 0 Å². The third-order valence-corrected chi connectivity index (χ3v) is 4.32. The van der Waals surface area contributed by atoms with Crippen LogP contribution in [-0.2, 0) is 0 Å². The van der Waals surface area contributed by atoms with Crippen LogP contribution in [0.2, 0.25) is 0 Å². The molecule has 1 N–H and O–H groups in total. The van der Waals surface area contributed by atoms with E-state index in [0.29, 0.717) is 6.04 Å². The lowest BCUT2D eigenvalue weighted by Gasteiger charge is -2.39. The van der Waals surface area contributed by atoms with Gasteiger partial charge in [0.25, 0.3) is 0 Å². The molecule has 0 aromatic rings. The molecule has 0 amide bonds. The molecule has 1 aliphatic carbocycles. The van der Waals surface area contributed by atoms with E-state index in [1.165, 1.54) is 32.4 Å². The number of rotatable bonds is 6. The van der Waals surface area contributed by atoms with Gasteiger partial charge in [-0.15, -0.1) is 0 Å². The molecule has 0 aliphatic heterocycles. The summed E-state index contributed by atoms with van der Waals surface area (Å²) in [5.41, 5.74) is 0. The van der Waals surface area contributed by atoms with Gasteiger partial charge in [0.15, 0.2) is 0 Å². The van der Waals surface area contributed by atoms with Crippen LogP contribution in [-0.4, -0.2) is 36.6 Å². The van der Waals surface area contributed by atoms with Crippen LogP contribution in [0.3, 0.4) is 0 Å². The monoisotopic (exact) mass is 240 g/mol. The Hall–Kier alpha value is -0.0800. The molecule has 1 fully saturated rings. The predicted octanol–water partition coefficient (Wildman–Crippen LogP) is 3.13. The minimum atomic E-state index is 0.680. The van der Waals surface area contributed by atoms with E-state index in [9.17, 15) is 0 Å². The lowest BCUT2D eigenvalue weighted by molar-refractivity contribution is 0.129. The van der Waals surface area contributed by atoms with E-state index >= 15 is 0 Å². The molecule has 1 rings (SSSR count). The fourth-order valence-corrected chi connectivity index (χ4v) is 3.24. The summed E-state index contributed by atoms with van der Waals surface area (Å²) in [6, 6.07) is 1.43. The Morgan fingerprint density at radius 2 is 1.94 bits per heavy atom. The minimum absolute atomic E-state index is 0.680. The van der Waals surface area contributed by atoms with Crippen LogP contribution in [0.15, 0.2) is 0 Å². The van der Waals surface area contributed by atoms with Gasteiger partial charge in [0, 0.05) is 18.6 Å². The molecule has 1 aliphatic rings. The third kappa shape index (κ3) is 4.59. The molecule has 2 heteroatoms. The number of nitrogens with one attached hydrogen (secondary N) is 1. The van der Waals surface area contributed by atoms with Crippen molar-refractivity contribution in [2.45, 2.75) is 66.0 Å². The summed E-state index contributed by atoms with van der Waals surface area (Å²) in [5.74, 6) is 1.77. The van der Waals surface area contributed by atoms with E-state index in [1.807, 2.05) is 0 Å². The first-order chi connectivity index (χ1) is 8.08.